The SMILES string of the molecule is O=C(NC1CCc2[nH]c3cc(F)ccc3c2C1)C1CC1. The van der Waals surface area contributed by atoms with Crippen molar-refractivity contribution in [3.05, 3.63) is 35.3 Å². The number of H-pyrrole nitrogens is 1. The van der Waals surface area contributed by atoms with E-state index in [1.165, 1.54) is 17.3 Å². The van der Waals surface area contributed by atoms with Crippen molar-refractivity contribution in [2.24, 2.45) is 5.92 Å². The number of nitrogens with one attached hydrogen (secondary N) is 2. The van der Waals surface area contributed by atoms with Crippen molar-refractivity contribution >= 4 is 16.8 Å². The number of hydrogen-bond donors (Lipinski definition) is 2. The molecule has 1 unspecified atom stereocenters. The van der Waals surface area contributed by atoms with Gasteiger partial charge in [0.15, 0.2) is 0 Å². The van der Waals surface area contributed by atoms with Gasteiger partial charge in [-0.15, -0.1) is 0 Å². The second-order valence-electron chi connectivity index (χ2n) is 5.99. The molecule has 4 heteroatoms. The summed E-state index contributed by atoms with van der Waals surface area (Å²) in [7, 11) is 0. The number of aromatic amines is 1. The fourth-order valence-electron chi connectivity index (χ4n) is 3.18. The van der Waals surface area contributed by atoms with Crippen LogP contribution in [0.5, 0.6) is 0 Å². The number of halogens is 1. The second kappa shape index (κ2) is 4.33. The lowest BCUT2D eigenvalue weighted by Crippen LogP contribution is -2.39. The van der Waals surface area contributed by atoms with Crippen molar-refractivity contribution < 1.29 is 9.18 Å². The van der Waals surface area contributed by atoms with E-state index in [0.29, 0.717) is 0 Å². The van der Waals surface area contributed by atoms with E-state index in [4.69, 9.17) is 0 Å². The van der Waals surface area contributed by atoms with Crippen molar-refractivity contribution in [2.45, 2.75) is 38.1 Å². The number of amides is 1. The Morgan fingerprint density at radius 3 is 2.95 bits per heavy atom. The van der Waals surface area contributed by atoms with Crippen molar-refractivity contribution in [1.29, 1.82) is 0 Å². The lowest BCUT2D eigenvalue weighted by Gasteiger charge is -2.23. The molecule has 1 aromatic carbocycles. The predicted octanol–water partition coefficient (Wildman–Crippen LogP) is 2.69. The number of carbonyl (C=O) groups is 1. The van der Waals surface area contributed by atoms with Gasteiger partial charge in [0.1, 0.15) is 5.82 Å². The first-order chi connectivity index (χ1) is 9.70. The zero-order chi connectivity index (χ0) is 13.7. The molecule has 2 aliphatic carbocycles. The summed E-state index contributed by atoms with van der Waals surface area (Å²) in [5, 5.41) is 4.25. The maximum Gasteiger partial charge on any atom is 0.223 e. The van der Waals surface area contributed by atoms with Gasteiger partial charge in [-0.1, -0.05) is 0 Å². The molecule has 0 spiro atoms. The highest BCUT2D eigenvalue weighted by Gasteiger charge is 2.32. The standard InChI is InChI=1S/C16H17FN2O/c17-10-3-5-12-13-8-11(18-16(20)9-1-2-9)4-6-14(13)19-15(12)7-10/h3,5,7,9,11,19H,1-2,4,6,8H2,(H,18,20). The van der Waals surface area contributed by atoms with Crippen molar-refractivity contribution in [2.75, 3.05) is 0 Å². The van der Waals surface area contributed by atoms with Crippen LogP contribution in [0.1, 0.15) is 30.5 Å². The zero-order valence-corrected chi connectivity index (χ0v) is 11.2. The maximum absolute atomic E-state index is 13.3. The molecule has 0 saturated heterocycles. The zero-order valence-electron chi connectivity index (χ0n) is 11.2. The van der Waals surface area contributed by atoms with Crippen molar-refractivity contribution in [1.82, 2.24) is 10.3 Å². The maximum atomic E-state index is 13.3. The largest absolute Gasteiger partial charge is 0.358 e. The van der Waals surface area contributed by atoms with Crippen LogP contribution in [0.2, 0.25) is 0 Å². The molecular formula is C16H17FN2O. The number of rotatable bonds is 2. The van der Waals surface area contributed by atoms with E-state index in [-0.39, 0.29) is 23.7 Å². The summed E-state index contributed by atoms with van der Waals surface area (Å²) in [6, 6.07) is 5.11. The second-order valence-corrected chi connectivity index (χ2v) is 5.99. The Morgan fingerprint density at radius 1 is 1.30 bits per heavy atom. The van der Waals surface area contributed by atoms with Gasteiger partial charge in [0.2, 0.25) is 5.91 Å². The Morgan fingerprint density at radius 2 is 2.15 bits per heavy atom. The van der Waals surface area contributed by atoms with Crippen LogP contribution >= 0.6 is 0 Å². The van der Waals surface area contributed by atoms with Gasteiger partial charge in [0.25, 0.3) is 0 Å². The van der Waals surface area contributed by atoms with Gasteiger partial charge in [0, 0.05) is 28.6 Å². The van der Waals surface area contributed by atoms with Crippen LogP contribution in [0, 0.1) is 11.7 Å². The van der Waals surface area contributed by atoms with Gasteiger partial charge in [-0.05, 0) is 55.9 Å². The minimum Gasteiger partial charge on any atom is -0.358 e. The Kier molecular flexibility index (Phi) is 2.59. The molecular weight excluding hydrogens is 255 g/mol. The van der Waals surface area contributed by atoms with E-state index in [1.54, 1.807) is 6.07 Å². The Labute approximate surface area is 116 Å². The molecule has 2 aromatic rings. The van der Waals surface area contributed by atoms with Gasteiger partial charge in [-0.25, -0.2) is 4.39 Å². The van der Waals surface area contributed by atoms with E-state index in [1.807, 2.05) is 6.07 Å². The molecule has 20 heavy (non-hydrogen) atoms. The summed E-state index contributed by atoms with van der Waals surface area (Å²) in [6.45, 7) is 0. The number of hydrogen-bond acceptors (Lipinski definition) is 1. The molecule has 104 valence electrons. The third kappa shape index (κ3) is 1.99. The molecule has 1 atom stereocenters. The number of carbonyl (C=O) groups excluding carboxylic acids is 1. The summed E-state index contributed by atoms with van der Waals surface area (Å²) in [5.41, 5.74) is 3.30. The fraction of sp³-hybridized carbons (Fsp3) is 0.438. The molecule has 1 aromatic heterocycles. The fourth-order valence-corrected chi connectivity index (χ4v) is 3.18. The monoisotopic (exact) mass is 272 g/mol. The first kappa shape index (κ1) is 11.9. The minimum atomic E-state index is -0.213. The van der Waals surface area contributed by atoms with Crippen LogP contribution in [0.4, 0.5) is 4.39 Å². The third-order valence-corrected chi connectivity index (χ3v) is 4.44. The molecule has 2 aliphatic rings. The Balaban J connectivity index is 1.61. The van der Waals surface area contributed by atoms with Gasteiger partial charge in [-0.3, -0.25) is 4.79 Å². The summed E-state index contributed by atoms with van der Waals surface area (Å²) in [5.74, 6) is 0.257. The lowest BCUT2D eigenvalue weighted by atomic mass is 9.91. The first-order valence-electron chi connectivity index (χ1n) is 7.30. The molecule has 1 amide bonds. The van der Waals surface area contributed by atoms with Gasteiger partial charge in [-0.2, -0.15) is 0 Å². The van der Waals surface area contributed by atoms with Crippen LogP contribution in [-0.4, -0.2) is 16.9 Å². The smallest absolute Gasteiger partial charge is 0.223 e. The highest BCUT2D eigenvalue weighted by molar-refractivity contribution is 5.85. The van der Waals surface area contributed by atoms with Crippen LogP contribution in [0.3, 0.4) is 0 Å². The van der Waals surface area contributed by atoms with Crippen molar-refractivity contribution in [3.63, 3.8) is 0 Å². The highest BCUT2D eigenvalue weighted by Crippen LogP contribution is 2.32. The van der Waals surface area contributed by atoms with E-state index < -0.39 is 0 Å². The molecule has 0 bridgehead atoms. The normalized spacial score (nSPS) is 21.8. The Bertz CT molecular complexity index is 687. The van der Waals surface area contributed by atoms with Gasteiger partial charge in [0.05, 0.1) is 0 Å². The number of benzene rings is 1. The van der Waals surface area contributed by atoms with Gasteiger partial charge < -0.3 is 10.3 Å². The predicted molar refractivity (Wildman–Crippen MR) is 74.9 cm³/mol. The first-order valence-corrected chi connectivity index (χ1v) is 7.30. The van der Waals surface area contributed by atoms with Crippen molar-refractivity contribution in [3.8, 4) is 0 Å². The van der Waals surface area contributed by atoms with Crippen LogP contribution in [0.15, 0.2) is 18.2 Å². The molecule has 4 rings (SSSR count). The van der Waals surface area contributed by atoms with Crippen LogP contribution in [0.25, 0.3) is 10.9 Å². The molecule has 1 fully saturated rings. The van der Waals surface area contributed by atoms with Crippen LogP contribution in [-0.2, 0) is 17.6 Å². The average Bonchev–Trinajstić information content (AvgIpc) is 3.21. The molecule has 3 nitrogen and oxygen atoms in total. The van der Waals surface area contributed by atoms with Gasteiger partial charge >= 0.3 is 0 Å². The average molecular weight is 272 g/mol. The summed E-state index contributed by atoms with van der Waals surface area (Å²) >= 11 is 0. The van der Waals surface area contributed by atoms with Crippen LogP contribution < -0.4 is 5.32 Å². The summed E-state index contributed by atoms with van der Waals surface area (Å²) in [4.78, 5) is 15.2. The minimum absolute atomic E-state index is 0.212. The number of fused-ring (bicyclic) bond motifs is 3. The van der Waals surface area contributed by atoms with E-state index in [0.717, 1.165) is 43.0 Å². The summed E-state index contributed by atoms with van der Waals surface area (Å²) < 4.78 is 13.3. The third-order valence-electron chi connectivity index (χ3n) is 4.44. The quantitative estimate of drug-likeness (QED) is 0.867. The topological polar surface area (TPSA) is 44.9 Å². The highest BCUT2D eigenvalue weighted by atomic mass is 19.1. The number of aryl methyl sites for hydroxylation is 1. The molecule has 1 saturated carbocycles. The molecule has 0 aliphatic heterocycles. The van der Waals surface area contributed by atoms with E-state index in [9.17, 15) is 9.18 Å². The molecule has 1 heterocycles. The lowest BCUT2D eigenvalue weighted by molar-refractivity contribution is -0.123. The number of aromatic nitrogens is 1. The molecule has 0 radical (unpaired) electrons. The van der Waals surface area contributed by atoms with E-state index in [2.05, 4.69) is 10.3 Å². The van der Waals surface area contributed by atoms with E-state index >= 15 is 0 Å². The Hall–Kier alpha value is -1.84. The molecule has 2 N–H and O–H groups in total. The summed E-state index contributed by atoms with van der Waals surface area (Å²) in [6.07, 6.45) is 4.80.